The van der Waals surface area contributed by atoms with Gasteiger partial charge in [-0.05, 0) is 19.5 Å². The molecule has 0 aliphatic rings. The van der Waals surface area contributed by atoms with Crippen LogP contribution in [0.15, 0.2) is 18.3 Å². The first-order valence-electron chi connectivity index (χ1n) is 4.64. The predicted octanol–water partition coefficient (Wildman–Crippen LogP) is 0.733. The molecule has 0 fully saturated rings. The molecular formula is C10H16N2O2. The van der Waals surface area contributed by atoms with Crippen molar-refractivity contribution in [3.05, 3.63) is 23.9 Å². The zero-order valence-corrected chi connectivity index (χ0v) is 8.53. The van der Waals surface area contributed by atoms with Gasteiger partial charge in [-0.3, -0.25) is 0 Å². The zero-order valence-electron chi connectivity index (χ0n) is 8.53. The number of nitrogens with zero attached hydrogens (tertiary/aromatic N) is 1. The molecule has 0 saturated carbocycles. The number of pyridine rings is 1. The molecule has 0 spiro atoms. The van der Waals surface area contributed by atoms with E-state index in [1.807, 2.05) is 13.1 Å². The molecule has 2 N–H and O–H groups in total. The number of hydrogen-bond acceptors (Lipinski definition) is 4. The third-order valence-electron chi connectivity index (χ3n) is 2.03. The topological polar surface area (TPSA) is 54.4 Å². The zero-order chi connectivity index (χ0) is 10.4. The molecule has 0 aliphatic carbocycles. The van der Waals surface area contributed by atoms with Gasteiger partial charge in [0.15, 0.2) is 0 Å². The summed E-state index contributed by atoms with van der Waals surface area (Å²) in [5.74, 6) is 0.547. The summed E-state index contributed by atoms with van der Waals surface area (Å²) in [5.41, 5.74) is 1.11. The third kappa shape index (κ3) is 2.97. The fraction of sp³-hybridized carbons (Fsp3) is 0.500. The van der Waals surface area contributed by atoms with Crippen molar-refractivity contribution >= 4 is 0 Å². The van der Waals surface area contributed by atoms with Gasteiger partial charge in [-0.25, -0.2) is 4.98 Å². The smallest absolute Gasteiger partial charge is 0.213 e. The molecule has 0 aromatic carbocycles. The van der Waals surface area contributed by atoms with Crippen molar-refractivity contribution in [2.75, 3.05) is 20.3 Å². The van der Waals surface area contributed by atoms with Crippen LogP contribution in [0.25, 0.3) is 0 Å². The fourth-order valence-corrected chi connectivity index (χ4v) is 1.05. The van der Waals surface area contributed by atoms with Crippen LogP contribution in [0.5, 0.6) is 5.88 Å². The van der Waals surface area contributed by atoms with Crippen LogP contribution in [0.1, 0.15) is 18.5 Å². The minimum Gasteiger partial charge on any atom is -0.475 e. The van der Waals surface area contributed by atoms with Gasteiger partial charge >= 0.3 is 0 Å². The first-order valence-corrected chi connectivity index (χ1v) is 4.64. The van der Waals surface area contributed by atoms with Crippen LogP contribution in [-0.2, 0) is 0 Å². The minimum absolute atomic E-state index is 0.0103. The molecule has 1 unspecified atom stereocenters. The number of aliphatic hydroxyl groups is 1. The molecule has 0 bridgehead atoms. The Morgan fingerprint density at radius 1 is 1.57 bits per heavy atom. The number of aliphatic hydroxyl groups excluding tert-OH is 1. The molecule has 1 aromatic heterocycles. The molecule has 1 heterocycles. The maximum atomic E-state index is 8.55. The Morgan fingerprint density at radius 2 is 2.36 bits per heavy atom. The average Bonchev–Trinajstić information content (AvgIpc) is 2.26. The van der Waals surface area contributed by atoms with Gasteiger partial charge in [0.1, 0.15) is 6.61 Å². The van der Waals surface area contributed by atoms with Crippen molar-refractivity contribution in [2.24, 2.45) is 0 Å². The summed E-state index contributed by atoms with van der Waals surface area (Å²) >= 11 is 0. The van der Waals surface area contributed by atoms with E-state index in [9.17, 15) is 0 Å². The maximum Gasteiger partial charge on any atom is 0.213 e. The first-order chi connectivity index (χ1) is 6.77. The lowest BCUT2D eigenvalue weighted by Gasteiger charge is -2.10. The van der Waals surface area contributed by atoms with Crippen molar-refractivity contribution in [3.63, 3.8) is 0 Å². The summed E-state index contributed by atoms with van der Waals surface area (Å²) in [6.45, 7) is 2.36. The Hall–Kier alpha value is -1.13. The second-order valence-corrected chi connectivity index (χ2v) is 3.01. The second-order valence-electron chi connectivity index (χ2n) is 3.01. The molecule has 4 nitrogen and oxygen atoms in total. The molecule has 4 heteroatoms. The normalized spacial score (nSPS) is 12.5. The largest absolute Gasteiger partial charge is 0.475 e. The van der Waals surface area contributed by atoms with Gasteiger partial charge in [-0.2, -0.15) is 0 Å². The molecule has 0 radical (unpaired) electrons. The minimum atomic E-state index is 0.0103. The molecule has 78 valence electrons. The molecule has 1 aromatic rings. The van der Waals surface area contributed by atoms with E-state index < -0.39 is 0 Å². The van der Waals surface area contributed by atoms with Gasteiger partial charge in [-0.15, -0.1) is 0 Å². The summed E-state index contributed by atoms with van der Waals surface area (Å²) in [7, 11) is 1.90. The lowest BCUT2D eigenvalue weighted by Crippen LogP contribution is -2.12. The van der Waals surface area contributed by atoms with Crippen LogP contribution in [0.3, 0.4) is 0 Å². The molecule has 1 rings (SSSR count). The summed E-state index contributed by atoms with van der Waals surface area (Å²) in [5, 5.41) is 11.7. The van der Waals surface area contributed by atoms with Gasteiger partial charge in [0.05, 0.1) is 6.61 Å². The molecule has 1 atom stereocenters. The second kappa shape index (κ2) is 5.57. The Bertz CT molecular complexity index is 261. The van der Waals surface area contributed by atoms with Gasteiger partial charge in [0.2, 0.25) is 5.88 Å². The highest BCUT2D eigenvalue weighted by atomic mass is 16.5. The fourth-order valence-electron chi connectivity index (χ4n) is 1.05. The standard InChI is InChI=1S/C10H16N2O2/c1-8(11-2)9-3-4-10(12-7-9)14-6-5-13/h3-4,7-8,11,13H,5-6H2,1-2H3. The monoisotopic (exact) mass is 196 g/mol. The first kappa shape index (κ1) is 10.9. The lowest BCUT2D eigenvalue weighted by atomic mass is 10.1. The van der Waals surface area contributed by atoms with Crippen molar-refractivity contribution in [3.8, 4) is 5.88 Å². The van der Waals surface area contributed by atoms with Crippen LogP contribution in [-0.4, -0.2) is 30.4 Å². The lowest BCUT2D eigenvalue weighted by molar-refractivity contribution is 0.196. The Balaban J connectivity index is 2.59. The van der Waals surface area contributed by atoms with Crippen LogP contribution in [0.4, 0.5) is 0 Å². The number of nitrogens with one attached hydrogen (secondary N) is 1. The Kier molecular flexibility index (Phi) is 4.35. The highest BCUT2D eigenvalue weighted by Gasteiger charge is 2.02. The van der Waals surface area contributed by atoms with E-state index >= 15 is 0 Å². The summed E-state index contributed by atoms with van der Waals surface area (Å²) in [6, 6.07) is 4.05. The van der Waals surface area contributed by atoms with Crippen molar-refractivity contribution < 1.29 is 9.84 Å². The average molecular weight is 196 g/mol. The molecule has 14 heavy (non-hydrogen) atoms. The van der Waals surface area contributed by atoms with Crippen LogP contribution >= 0.6 is 0 Å². The van der Waals surface area contributed by atoms with Crippen LogP contribution in [0.2, 0.25) is 0 Å². The van der Waals surface area contributed by atoms with Gasteiger partial charge in [0, 0.05) is 18.3 Å². The Labute approximate surface area is 83.9 Å². The van der Waals surface area contributed by atoms with E-state index in [4.69, 9.17) is 9.84 Å². The summed E-state index contributed by atoms with van der Waals surface area (Å²) in [6.07, 6.45) is 1.77. The van der Waals surface area contributed by atoms with Gasteiger partial charge < -0.3 is 15.2 Å². The predicted molar refractivity (Wildman–Crippen MR) is 54.3 cm³/mol. The van der Waals surface area contributed by atoms with E-state index in [2.05, 4.69) is 17.2 Å². The molecule has 0 saturated heterocycles. The van der Waals surface area contributed by atoms with E-state index in [1.54, 1.807) is 12.3 Å². The highest BCUT2D eigenvalue weighted by Crippen LogP contribution is 2.13. The quantitative estimate of drug-likeness (QED) is 0.729. The van der Waals surface area contributed by atoms with Crippen LogP contribution in [0, 0.1) is 0 Å². The Morgan fingerprint density at radius 3 is 2.86 bits per heavy atom. The van der Waals surface area contributed by atoms with Gasteiger partial charge in [-0.1, -0.05) is 6.07 Å². The third-order valence-corrected chi connectivity index (χ3v) is 2.03. The van der Waals surface area contributed by atoms with Gasteiger partial charge in [0.25, 0.3) is 0 Å². The van der Waals surface area contributed by atoms with E-state index in [0.717, 1.165) is 5.56 Å². The molecular weight excluding hydrogens is 180 g/mol. The number of aromatic nitrogens is 1. The van der Waals surface area contributed by atoms with Crippen LogP contribution < -0.4 is 10.1 Å². The molecule has 0 amide bonds. The summed E-state index contributed by atoms with van der Waals surface area (Å²) < 4.78 is 5.14. The van der Waals surface area contributed by atoms with E-state index in [0.29, 0.717) is 5.88 Å². The SMILES string of the molecule is CNC(C)c1ccc(OCCO)nc1. The number of rotatable bonds is 5. The van der Waals surface area contributed by atoms with Crippen molar-refractivity contribution in [1.29, 1.82) is 0 Å². The highest BCUT2D eigenvalue weighted by molar-refractivity contribution is 5.20. The number of ether oxygens (including phenoxy) is 1. The van der Waals surface area contributed by atoms with Crippen molar-refractivity contribution in [2.45, 2.75) is 13.0 Å². The maximum absolute atomic E-state index is 8.55. The van der Waals surface area contributed by atoms with E-state index in [1.165, 1.54) is 0 Å². The number of hydrogen-bond donors (Lipinski definition) is 2. The van der Waals surface area contributed by atoms with Crippen molar-refractivity contribution in [1.82, 2.24) is 10.3 Å². The molecule has 0 aliphatic heterocycles. The van der Waals surface area contributed by atoms with E-state index in [-0.39, 0.29) is 19.3 Å². The summed E-state index contributed by atoms with van der Waals surface area (Å²) in [4.78, 5) is 4.11.